The second-order valence-corrected chi connectivity index (χ2v) is 8.14. The van der Waals surface area contributed by atoms with Gasteiger partial charge in [-0.15, -0.1) is 6.58 Å². The van der Waals surface area contributed by atoms with Crippen LogP contribution in [0.15, 0.2) is 36.9 Å². The summed E-state index contributed by atoms with van der Waals surface area (Å²) in [6.45, 7) is 7.82. The Hall–Kier alpha value is -2.64. The van der Waals surface area contributed by atoms with Gasteiger partial charge in [-0.05, 0) is 49.9 Å². The average Bonchev–Trinajstić information content (AvgIpc) is 3.17. The van der Waals surface area contributed by atoms with Crippen molar-refractivity contribution in [1.82, 2.24) is 20.0 Å². The highest BCUT2D eigenvalue weighted by molar-refractivity contribution is 5.94. The first-order chi connectivity index (χ1) is 15.2. The predicted octanol–water partition coefficient (Wildman–Crippen LogP) is 2.24. The number of methoxy groups -OCH3 is 1. The van der Waals surface area contributed by atoms with Crippen LogP contribution in [0.1, 0.15) is 33.7 Å². The molecule has 0 saturated carbocycles. The quantitative estimate of drug-likeness (QED) is 0.659. The van der Waals surface area contributed by atoms with E-state index in [0.29, 0.717) is 44.6 Å². The number of nitrogens with one attached hydrogen (secondary N) is 1. The molecule has 4 rings (SSSR count). The molecule has 1 aromatic heterocycles. The van der Waals surface area contributed by atoms with Gasteiger partial charge < -0.3 is 19.7 Å². The molecule has 7 nitrogen and oxygen atoms in total. The number of nitrogens with zero attached hydrogens (tertiary/aromatic N) is 3. The molecule has 1 unspecified atom stereocenters. The standard InChI is InChI=1S/C24H32N4O3/c1-3-11-28-22-8-7-19(25-10-9-18-5-4-6-20(16-18)30-2)17-21(22)23(26-28)24(29)27-12-14-31-15-13-27/h3-6,16,19,25H,1,7-15,17H2,2H3. The van der Waals surface area contributed by atoms with Gasteiger partial charge in [0.1, 0.15) is 5.75 Å². The van der Waals surface area contributed by atoms with E-state index in [0.717, 1.165) is 43.5 Å². The third-order valence-corrected chi connectivity index (χ3v) is 6.13. The first-order valence-corrected chi connectivity index (χ1v) is 11.1. The zero-order chi connectivity index (χ0) is 21.6. The molecule has 1 amide bonds. The van der Waals surface area contributed by atoms with Gasteiger partial charge in [-0.3, -0.25) is 9.48 Å². The molecule has 1 aromatic carbocycles. The van der Waals surface area contributed by atoms with Crippen LogP contribution in [0.5, 0.6) is 5.75 Å². The summed E-state index contributed by atoms with van der Waals surface area (Å²) in [5, 5.41) is 8.40. The summed E-state index contributed by atoms with van der Waals surface area (Å²) in [4.78, 5) is 15.1. The lowest BCUT2D eigenvalue weighted by molar-refractivity contribution is 0.0297. The number of carbonyl (C=O) groups excluding carboxylic acids is 1. The van der Waals surface area contributed by atoms with Crippen LogP contribution < -0.4 is 10.1 Å². The van der Waals surface area contributed by atoms with Crippen molar-refractivity contribution in [2.24, 2.45) is 0 Å². The monoisotopic (exact) mass is 424 g/mol. The Kier molecular flexibility index (Phi) is 7.04. The molecule has 2 aromatic rings. The van der Waals surface area contributed by atoms with Gasteiger partial charge in [0.25, 0.3) is 5.91 Å². The summed E-state index contributed by atoms with van der Waals surface area (Å²) in [5.74, 6) is 0.917. The number of hydrogen-bond acceptors (Lipinski definition) is 5. The molecule has 1 N–H and O–H groups in total. The number of allylic oxidation sites excluding steroid dienone is 1. The van der Waals surface area contributed by atoms with Crippen molar-refractivity contribution in [1.29, 1.82) is 0 Å². The fraction of sp³-hybridized carbons (Fsp3) is 0.500. The van der Waals surface area contributed by atoms with Gasteiger partial charge in [-0.1, -0.05) is 18.2 Å². The van der Waals surface area contributed by atoms with Crippen LogP contribution in [-0.4, -0.2) is 66.6 Å². The van der Waals surface area contributed by atoms with Gasteiger partial charge in [-0.25, -0.2) is 0 Å². The van der Waals surface area contributed by atoms with E-state index in [1.54, 1.807) is 7.11 Å². The molecule has 0 spiro atoms. The van der Waals surface area contributed by atoms with Crippen LogP contribution in [0.2, 0.25) is 0 Å². The molecular weight excluding hydrogens is 392 g/mol. The lowest BCUT2D eigenvalue weighted by Crippen LogP contribution is -2.42. The molecule has 31 heavy (non-hydrogen) atoms. The highest BCUT2D eigenvalue weighted by atomic mass is 16.5. The summed E-state index contributed by atoms with van der Waals surface area (Å²) < 4.78 is 12.7. The highest BCUT2D eigenvalue weighted by Crippen LogP contribution is 2.26. The van der Waals surface area contributed by atoms with Gasteiger partial charge in [-0.2, -0.15) is 5.10 Å². The number of fused-ring (bicyclic) bond motifs is 1. The first kappa shape index (κ1) is 21.6. The minimum Gasteiger partial charge on any atom is -0.497 e. The molecule has 1 fully saturated rings. The lowest BCUT2D eigenvalue weighted by Gasteiger charge is -2.28. The van der Waals surface area contributed by atoms with Crippen molar-refractivity contribution in [2.75, 3.05) is 40.0 Å². The molecule has 1 aliphatic carbocycles. The number of carbonyl (C=O) groups is 1. The minimum absolute atomic E-state index is 0.0272. The number of aromatic nitrogens is 2. The molecule has 2 heterocycles. The molecule has 1 saturated heterocycles. The van der Waals surface area contributed by atoms with Crippen molar-refractivity contribution >= 4 is 5.91 Å². The van der Waals surface area contributed by atoms with Gasteiger partial charge in [0.2, 0.25) is 0 Å². The highest BCUT2D eigenvalue weighted by Gasteiger charge is 2.31. The second-order valence-electron chi connectivity index (χ2n) is 8.14. The van der Waals surface area contributed by atoms with E-state index in [1.807, 2.05) is 27.8 Å². The maximum atomic E-state index is 13.2. The van der Waals surface area contributed by atoms with Gasteiger partial charge in [0, 0.05) is 30.4 Å². The van der Waals surface area contributed by atoms with E-state index >= 15 is 0 Å². The lowest BCUT2D eigenvalue weighted by atomic mass is 9.91. The predicted molar refractivity (Wildman–Crippen MR) is 120 cm³/mol. The van der Waals surface area contributed by atoms with Crippen LogP contribution in [-0.2, 0) is 30.5 Å². The van der Waals surface area contributed by atoms with Gasteiger partial charge in [0.15, 0.2) is 5.69 Å². The largest absolute Gasteiger partial charge is 0.497 e. The van der Waals surface area contributed by atoms with Crippen LogP contribution in [0.3, 0.4) is 0 Å². The van der Waals surface area contributed by atoms with Crippen molar-refractivity contribution in [3.05, 3.63) is 59.4 Å². The maximum Gasteiger partial charge on any atom is 0.274 e. The Labute approximate surface area is 184 Å². The molecule has 0 radical (unpaired) electrons. The Morgan fingerprint density at radius 1 is 1.39 bits per heavy atom. The molecule has 166 valence electrons. The zero-order valence-corrected chi connectivity index (χ0v) is 18.3. The fourth-order valence-electron chi connectivity index (χ4n) is 4.47. The van der Waals surface area contributed by atoms with Crippen LogP contribution in [0, 0.1) is 0 Å². The van der Waals surface area contributed by atoms with Crippen LogP contribution >= 0.6 is 0 Å². The van der Waals surface area contributed by atoms with E-state index in [4.69, 9.17) is 14.6 Å². The number of morpholine rings is 1. The van der Waals surface area contributed by atoms with Crippen molar-refractivity contribution in [2.45, 2.75) is 38.3 Å². The summed E-state index contributed by atoms with van der Waals surface area (Å²) in [6, 6.07) is 8.54. The fourth-order valence-corrected chi connectivity index (χ4v) is 4.47. The molecular formula is C24H32N4O3. The second kappa shape index (κ2) is 10.1. The third-order valence-electron chi connectivity index (χ3n) is 6.13. The molecule has 1 aliphatic heterocycles. The van der Waals surface area contributed by atoms with Gasteiger partial charge >= 0.3 is 0 Å². The van der Waals surface area contributed by atoms with Crippen LogP contribution in [0.4, 0.5) is 0 Å². The smallest absolute Gasteiger partial charge is 0.274 e. The number of hydrogen-bond donors (Lipinski definition) is 1. The maximum absolute atomic E-state index is 13.2. The van der Waals surface area contributed by atoms with E-state index < -0.39 is 0 Å². The Morgan fingerprint density at radius 2 is 2.23 bits per heavy atom. The number of rotatable bonds is 8. The van der Waals surface area contributed by atoms with Crippen molar-refractivity contribution in [3.8, 4) is 5.75 Å². The number of amides is 1. The molecule has 0 bridgehead atoms. The SMILES string of the molecule is C=CCn1nc(C(=O)N2CCOCC2)c2c1CCC(NCCc1cccc(OC)c1)C2. The van der Waals surface area contributed by atoms with E-state index in [9.17, 15) is 4.79 Å². The van der Waals surface area contributed by atoms with Crippen molar-refractivity contribution < 1.29 is 14.3 Å². The topological polar surface area (TPSA) is 68.6 Å². The minimum atomic E-state index is 0.0272. The first-order valence-electron chi connectivity index (χ1n) is 11.1. The van der Waals surface area contributed by atoms with E-state index in [-0.39, 0.29) is 5.91 Å². The van der Waals surface area contributed by atoms with E-state index in [2.05, 4.69) is 24.0 Å². The van der Waals surface area contributed by atoms with Crippen molar-refractivity contribution in [3.63, 3.8) is 0 Å². The van der Waals surface area contributed by atoms with E-state index in [1.165, 1.54) is 11.3 Å². The summed E-state index contributed by atoms with van der Waals surface area (Å²) in [5.41, 5.74) is 4.15. The number of benzene rings is 1. The zero-order valence-electron chi connectivity index (χ0n) is 18.3. The Morgan fingerprint density at radius 3 is 3.00 bits per heavy atom. The molecule has 7 heteroatoms. The summed E-state index contributed by atoms with van der Waals surface area (Å²) in [7, 11) is 1.69. The number of ether oxygens (including phenoxy) is 2. The summed E-state index contributed by atoms with van der Waals surface area (Å²) >= 11 is 0. The average molecular weight is 425 g/mol. The Balaban J connectivity index is 1.44. The normalized spacial score (nSPS) is 18.5. The molecule has 1 atom stereocenters. The summed E-state index contributed by atoms with van der Waals surface area (Å²) in [6.07, 6.45) is 5.57. The van der Waals surface area contributed by atoms with Gasteiger partial charge in [0.05, 0.1) is 26.9 Å². The third kappa shape index (κ3) is 4.99. The van der Waals surface area contributed by atoms with Crippen LogP contribution in [0.25, 0.3) is 0 Å². The Bertz CT molecular complexity index is 918. The molecule has 2 aliphatic rings.